The number of hydrogen-bond donors (Lipinski definition) is 0. The van der Waals surface area contributed by atoms with E-state index in [2.05, 4.69) is 46.9 Å². The molecule has 0 aromatic heterocycles. The summed E-state index contributed by atoms with van der Waals surface area (Å²) in [6, 6.07) is 19.8. The second-order valence-corrected chi connectivity index (χ2v) is 7.44. The number of ether oxygens (including phenoxy) is 1. The van der Waals surface area contributed by atoms with E-state index in [1.807, 2.05) is 54.7 Å². The molecule has 0 aliphatic heterocycles. The highest BCUT2D eigenvalue weighted by atomic mass is 79.9. The molecule has 132 valence electrons. The number of rotatable bonds is 5. The van der Waals surface area contributed by atoms with E-state index in [0.29, 0.717) is 6.61 Å². The normalized spacial score (nSPS) is 11.1. The summed E-state index contributed by atoms with van der Waals surface area (Å²) in [6.45, 7) is 4.65. The minimum atomic E-state index is 0.492. The minimum absolute atomic E-state index is 0.492. The summed E-state index contributed by atoms with van der Waals surface area (Å²) < 4.78 is 6.78. The summed E-state index contributed by atoms with van der Waals surface area (Å²) in [4.78, 5) is 4.59. The van der Waals surface area contributed by atoms with Crippen molar-refractivity contribution in [3.63, 3.8) is 0 Å². The molecule has 0 atom stereocenters. The first-order valence-corrected chi connectivity index (χ1v) is 9.46. The molecule has 0 aliphatic carbocycles. The van der Waals surface area contributed by atoms with Gasteiger partial charge in [0.2, 0.25) is 0 Å². The van der Waals surface area contributed by atoms with Gasteiger partial charge in [0.05, 0.1) is 10.2 Å². The van der Waals surface area contributed by atoms with Crippen molar-refractivity contribution < 1.29 is 4.74 Å². The Kier molecular flexibility index (Phi) is 6.12. The molecule has 0 bridgehead atoms. The average Bonchev–Trinajstić information content (AvgIpc) is 2.61. The summed E-state index contributed by atoms with van der Waals surface area (Å²) in [7, 11) is 0. The number of aliphatic imine (C=N–C) groups is 1. The van der Waals surface area contributed by atoms with Gasteiger partial charge >= 0.3 is 0 Å². The summed E-state index contributed by atoms with van der Waals surface area (Å²) in [5.74, 6) is 0.795. The van der Waals surface area contributed by atoms with E-state index in [1.165, 1.54) is 11.1 Å². The second kappa shape index (κ2) is 8.52. The fourth-order valence-electron chi connectivity index (χ4n) is 2.55. The lowest BCUT2D eigenvalue weighted by Gasteiger charge is -2.09. The lowest BCUT2D eigenvalue weighted by Crippen LogP contribution is -1.96. The molecule has 0 radical (unpaired) electrons. The van der Waals surface area contributed by atoms with Crippen LogP contribution in [0.4, 0.5) is 5.69 Å². The van der Waals surface area contributed by atoms with Gasteiger partial charge in [0.1, 0.15) is 12.4 Å². The number of hydrogen-bond acceptors (Lipinski definition) is 2. The summed E-state index contributed by atoms with van der Waals surface area (Å²) in [5, 5.41) is 0.724. The van der Waals surface area contributed by atoms with E-state index < -0.39 is 0 Å². The largest absolute Gasteiger partial charge is 0.488 e. The van der Waals surface area contributed by atoms with Crippen LogP contribution in [-0.2, 0) is 6.61 Å². The van der Waals surface area contributed by atoms with Crippen LogP contribution < -0.4 is 4.74 Å². The van der Waals surface area contributed by atoms with Crippen molar-refractivity contribution >= 4 is 39.4 Å². The van der Waals surface area contributed by atoms with E-state index in [-0.39, 0.29) is 0 Å². The van der Waals surface area contributed by atoms with Gasteiger partial charge in [0.15, 0.2) is 0 Å². The Morgan fingerprint density at radius 2 is 1.77 bits per heavy atom. The van der Waals surface area contributed by atoms with Gasteiger partial charge in [0.25, 0.3) is 0 Å². The van der Waals surface area contributed by atoms with Gasteiger partial charge in [-0.1, -0.05) is 41.4 Å². The number of nitrogens with zero attached hydrogens (tertiary/aromatic N) is 1. The Morgan fingerprint density at radius 1 is 1.00 bits per heavy atom. The number of benzene rings is 3. The second-order valence-electron chi connectivity index (χ2n) is 6.15. The van der Waals surface area contributed by atoms with Crippen molar-refractivity contribution in [3.05, 3.63) is 92.4 Å². The van der Waals surface area contributed by atoms with E-state index in [1.54, 1.807) is 0 Å². The van der Waals surface area contributed by atoms with E-state index >= 15 is 0 Å². The quantitative estimate of drug-likeness (QED) is 0.399. The van der Waals surface area contributed by atoms with Crippen LogP contribution in [0, 0.1) is 13.8 Å². The van der Waals surface area contributed by atoms with Crippen LogP contribution in [0.5, 0.6) is 5.75 Å². The first-order valence-electron chi connectivity index (χ1n) is 8.29. The molecule has 2 nitrogen and oxygen atoms in total. The third kappa shape index (κ3) is 4.96. The Labute approximate surface area is 167 Å². The highest BCUT2D eigenvalue weighted by Crippen LogP contribution is 2.27. The lowest BCUT2D eigenvalue weighted by molar-refractivity contribution is 0.304. The fourth-order valence-corrected chi connectivity index (χ4v) is 3.19. The smallest absolute Gasteiger partial charge is 0.134 e. The van der Waals surface area contributed by atoms with Crippen LogP contribution in [0.1, 0.15) is 22.3 Å². The number of halogens is 2. The molecular weight excluding hydrogens is 410 g/mol. The van der Waals surface area contributed by atoms with Crippen LogP contribution in [0.3, 0.4) is 0 Å². The maximum Gasteiger partial charge on any atom is 0.134 e. The summed E-state index contributed by atoms with van der Waals surface area (Å²) in [5.41, 5.74) is 5.47. The molecule has 3 aromatic rings. The van der Waals surface area contributed by atoms with Gasteiger partial charge in [-0.15, -0.1) is 0 Å². The van der Waals surface area contributed by atoms with Gasteiger partial charge in [-0.05, 0) is 82.9 Å². The first kappa shape index (κ1) is 18.7. The Morgan fingerprint density at radius 3 is 2.46 bits per heavy atom. The summed E-state index contributed by atoms with van der Waals surface area (Å²) >= 11 is 9.48. The standard InChI is InChI=1S/C22H19BrClNO/c1-15-3-9-21(16(2)11-15)25-13-18-6-10-22(20(23)12-18)26-14-17-4-7-19(24)8-5-17/h3-13H,14H2,1-2H3. The van der Waals surface area contributed by atoms with E-state index in [9.17, 15) is 0 Å². The monoisotopic (exact) mass is 427 g/mol. The molecule has 0 fully saturated rings. The van der Waals surface area contributed by atoms with Crippen LogP contribution in [-0.4, -0.2) is 6.21 Å². The van der Waals surface area contributed by atoms with Gasteiger partial charge < -0.3 is 4.74 Å². The molecule has 3 aromatic carbocycles. The Balaban J connectivity index is 1.68. The molecule has 0 N–H and O–H groups in total. The van der Waals surface area contributed by atoms with Crippen molar-refractivity contribution in [2.45, 2.75) is 20.5 Å². The number of aryl methyl sites for hydroxylation is 2. The Bertz CT molecular complexity index is 935. The van der Waals surface area contributed by atoms with Crippen LogP contribution in [0.2, 0.25) is 5.02 Å². The van der Waals surface area contributed by atoms with Crippen LogP contribution in [0.25, 0.3) is 0 Å². The van der Waals surface area contributed by atoms with Gasteiger partial charge in [-0.3, -0.25) is 4.99 Å². The maximum atomic E-state index is 5.90. The lowest BCUT2D eigenvalue weighted by atomic mass is 10.1. The van der Waals surface area contributed by atoms with E-state index in [4.69, 9.17) is 16.3 Å². The van der Waals surface area contributed by atoms with Crippen molar-refractivity contribution in [2.75, 3.05) is 0 Å². The van der Waals surface area contributed by atoms with Gasteiger partial charge in [0, 0.05) is 11.2 Å². The first-order chi connectivity index (χ1) is 12.5. The zero-order chi connectivity index (χ0) is 18.5. The van der Waals surface area contributed by atoms with Gasteiger partial charge in [-0.25, -0.2) is 0 Å². The predicted octanol–water partition coefficient (Wildman–Crippen LogP) is 7.05. The molecule has 0 unspecified atom stereocenters. The SMILES string of the molecule is Cc1ccc(N=Cc2ccc(OCc3ccc(Cl)cc3)c(Br)c2)c(C)c1. The zero-order valence-corrected chi connectivity index (χ0v) is 17.0. The molecule has 4 heteroatoms. The molecule has 0 saturated heterocycles. The predicted molar refractivity (Wildman–Crippen MR) is 113 cm³/mol. The van der Waals surface area contributed by atoms with Crippen molar-refractivity contribution in [1.82, 2.24) is 0 Å². The molecule has 0 aliphatic rings. The zero-order valence-electron chi connectivity index (χ0n) is 14.7. The van der Waals surface area contributed by atoms with Crippen molar-refractivity contribution in [3.8, 4) is 5.75 Å². The molecule has 26 heavy (non-hydrogen) atoms. The maximum absolute atomic E-state index is 5.90. The molecule has 3 rings (SSSR count). The van der Waals surface area contributed by atoms with Crippen molar-refractivity contribution in [1.29, 1.82) is 0 Å². The fraction of sp³-hybridized carbons (Fsp3) is 0.136. The average molecular weight is 429 g/mol. The van der Waals surface area contributed by atoms with Crippen LogP contribution in [0.15, 0.2) is 70.1 Å². The highest BCUT2D eigenvalue weighted by molar-refractivity contribution is 9.10. The molecule has 0 amide bonds. The Hall–Kier alpha value is -2.10. The van der Waals surface area contributed by atoms with E-state index in [0.717, 1.165) is 32.1 Å². The summed E-state index contributed by atoms with van der Waals surface area (Å²) in [6.07, 6.45) is 1.87. The molecule has 0 heterocycles. The van der Waals surface area contributed by atoms with Crippen molar-refractivity contribution in [2.24, 2.45) is 4.99 Å². The molecular formula is C22H19BrClNO. The third-order valence-electron chi connectivity index (χ3n) is 3.97. The minimum Gasteiger partial charge on any atom is -0.488 e. The molecule has 0 saturated carbocycles. The van der Waals surface area contributed by atoms with Crippen LogP contribution >= 0.6 is 27.5 Å². The topological polar surface area (TPSA) is 21.6 Å². The highest BCUT2D eigenvalue weighted by Gasteiger charge is 2.03. The third-order valence-corrected chi connectivity index (χ3v) is 4.84. The van der Waals surface area contributed by atoms with Gasteiger partial charge in [-0.2, -0.15) is 0 Å². The molecule has 0 spiro atoms.